The van der Waals surface area contributed by atoms with Crippen molar-refractivity contribution in [1.82, 2.24) is 25.0 Å². The molecule has 1 saturated carbocycles. The van der Waals surface area contributed by atoms with Crippen molar-refractivity contribution in [3.05, 3.63) is 48.2 Å². The van der Waals surface area contributed by atoms with Crippen LogP contribution in [0.15, 0.2) is 36.7 Å². The average Bonchev–Trinajstić information content (AvgIpc) is 3.17. The van der Waals surface area contributed by atoms with E-state index in [-0.39, 0.29) is 23.5 Å². The van der Waals surface area contributed by atoms with Crippen LogP contribution in [0.5, 0.6) is 5.75 Å². The number of carbonyl (C=O) groups excluding carboxylic acids is 2. The van der Waals surface area contributed by atoms with Gasteiger partial charge in [-0.2, -0.15) is 5.10 Å². The maximum Gasteiger partial charge on any atom is 0.271 e. The molecule has 5 rings (SSSR count). The molecule has 0 atom stereocenters. The molecule has 3 aromatic rings. The lowest BCUT2D eigenvalue weighted by Gasteiger charge is -2.38. The number of fused-ring (bicyclic) bond motifs is 1. The number of rotatable bonds is 7. The van der Waals surface area contributed by atoms with Gasteiger partial charge in [0.25, 0.3) is 5.91 Å². The summed E-state index contributed by atoms with van der Waals surface area (Å²) in [5, 5.41) is 13.7. The highest BCUT2D eigenvalue weighted by Gasteiger charge is 2.36. The van der Waals surface area contributed by atoms with Crippen molar-refractivity contribution < 1.29 is 18.7 Å². The lowest BCUT2D eigenvalue weighted by Crippen LogP contribution is -2.45. The van der Waals surface area contributed by atoms with Crippen molar-refractivity contribution in [2.45, 2.75) is 25.4 Å². The van der Waals surface area contributed by atoms with Gasteiger partial charge in [0.15, 0.2) is 11.6 Å². The summed E-state index contributed by atoms with van der Waals surface area (Å²) in [6.07, 6.45) is 4.75. The van der Waals surface area contributed by atoms with Crippen molar-refractivity contribution in [2.75, 3.05) is 38.4 Å². The number of carbonyl (C=O) groups is 2. The van der Waals surface area contributed by atoms with Gasteiger partial charge in [0, 0.05) is 30.3 Å². The predicted molar refractivity (Wildman–Crippen MR) is 133 cm³/mol. The molecule has 11 heteroatoms. The zero-order chi connectivity index (χ0) is 25.4. The van der Waals surface area contributed by atoms with Crippen LogP contribution in [0, 0.1) is 11.7 Å². The molecule has 1 fully saturated rings. The van der Waals surface area contributed by atoms with E-state index >= 15 is 0 Å². The van der Waals surface area contributed by atoms with E-state index in [2.05, 4.69) is 25.8 Å². The third-order valence-corrected chi connectivity index (χ3v) is 6.76. The Labute approximate surface area is 207 Å². The number of nitrogens with one attached hydrogen (secondary N) is 3. The molecule has 36 heavy (non-hydrogen) atoms. The first kappa shape index (κ1) is 23.7. The summed E-state index contributed by atoms with van der Waals surface area (Å²) >= 11 is 0. The summed E-state index contributed by atoms with van der Waals surface area (Å²) in [5.41, 5.74) is 2.55. The van der Waals surface area contributed by atoms with Gasteiger partial charge in [-0.3, -0.25) is 19.3 Å². The summed E-state index contributed by atoms with van der Waals surface area (Å²) in [5.74, 6) is -0.987. The Morgan fingerprint density at radius 2 is 2.06 bits per heavy atom. The van der Waals surface area contributed by atoms with E-state index in [0.717, 1.165) is 12.8 Å². The first-order chi connectivity index (χ1) is 17.4. The van der Waals surface area contributed by atoms with Crippen molar-refractivity contribution in [1.29, 1.82) is 0 Å². The Morgan fingerprint density at radius 1 is 1.25 bits per heavy atom. The largest absolute Gasteiger partial charge is 0.492 e. The Kier molecular flexibility index (Phi) is 6.31. The van der Waals surface area contributed by atoms with Crippen LogP contribution in [0.25, 0.3) is 11.3 Å². The fourth-order valence-electron chi connectivity index (χ4n) is 4.63. The van der Waals surface area contributed by atoms with Gasteiger partial charge in [0.2, 0.25) is 5.91 Å². The monoisotopic (exact) mass is 493 g/mol. The summed E-state index contributed by atoms with van der Waals surface area (Å²) in [6.45, 7) is 0.904. The number of nitrogens with zero attached hydrogens (tertiary/aromatic N) is 4. The number of aromatic nitrogens is 3. The highest BCUT2D eigenvalue weighted by atomic mass is 19.1. The molecule has 188 valence electrons. The molecule has 10 nitrogen and oxygen atoms in total. The van der Waals surface area contributed by atoms with Gasteiger partial charge < -0.3 is 25.6 Å². The van der Waals surface area contributed by atoms with Gasteiger partial charge in [-0.1, -0.05) is 6.07 Å². The molecule has 0 spiro atoms. The minimum Gasteiger partial charge on any atom is -0.492 e. The molecular weight excluding hydrogens is 465 g/mol. The van der Waals surface area contributed by atoms with E-state index < -0.39 is 5.82 Å². The first-order valence-corrected chi connectivity index (χ1v) is 11.8. The zero-order valence-electron chi connectivity index (χ0n) is 20.3. The van der Waals surface area contributed by atoms with Gasteiger partial charge >= 0.3 is 0 Å². The molecule has 1 aliphatic heterocycles. The second-order valence-corrected chi connectivity index (χ2v) is 9.19. The molecule has 2 amide bonds. The van der Waals surface area contributed by atoms with Gasteiger partial charge in [0.1, 0.15) is 11.4 Å². The summed E-state index contributed by atoms with van der Waals surface area (Å²) in [7, 11) is 5.40. The van der Waals surface area contributed by atoms with E-state index in [1.165, 1.54) is 13.2 Å². The third-order valence-electron chi connectivity index (χ3n) is 6.76. The number of benzene rings is 1. The molecular formula is C25H28FN7O3. The zero-order valence-corrected chi connectivity index (χ0v) is 20.3. The Bertz CT molecular complexity index is 1320. The number of halogens is 1. The minimum atomic E-state index is -0.539. The van der Waals surface area contributed by atoms with E-state index in [1.54, 1.807) is 35.3 Å². The maximum absolute atomic E-state index is 14.4. The predicted octanol–water partition coefficient (Wildman–Crippen LogP) is 2.86. The first-order valence-electron chi connectivity index (χ1n) is 11.8. The van der Waals surface area contributed by atoms with Crippen LogP contribution >= 0.6 is 0 Å². The van der Waals surface area contributed by atoms with Crippen LogP contribution in [0.3, 0.4) is 0 Å². The van der Waals surface area contributed by atoms with E-state index in [4.69, 9.17) is 9.84 Å². The van der Waals surface area contributed by atoms with E-state index in [9.17, 15) is 14.0 Å². The fraction of sp³-hybridized carbons (Fsp3) is 0.360. The molecule has 0 bridgehead atoms. The van der Waals surface area contributed by atoms with Crippen LogP contribution in [-0.4, -0.2) is 65.3 Å². The third kappa shape index (κ3) is 4.26. The quantitative estimate of drug-likeness (QED) is 0.464. The highest BCUT2D eigenvalue weighted by molar-refractivity contribution is 6.05. The van der Waals surface area contributed by atoms with E-state index in [0.29, 0.717) is 53.1 Å². The number of methoxy groups -OCH3 is 1. The Balaban J connectivity index is 1.53. The van der Waals surface area contributed by atoms with Gasteiger partial charge in [0.05, 0.1) is 36.9 Å². The molecule has 1 aliphatic carbocycles. The smallest absolute Gasteiger partial charge is 0.271 e. The number of hydrogen-bond donors (Lipinski definition) is 3. The summed E-state index contributed by atoms with van der Waals surface area (Å²) in [6, 6.07) is 6.63. The number of pyridine rings is 1. The van der Waals surface area contributed by atoms with Crippen LogP contribution in [0.2, 0.25) is 0 Å². The normalized spacial score (nSPS) is 18.8. The Morgan fingerprint density at radius 3 is 2.81 bits per heavy atom. The second-order valence-electron chi connectivity index (χ2n) is 9.19. The average molecular weight is 494 g/mol. The van der Waals surface area contributed by atoms with Crippen LogP contribution in [-0.2, 0) is 11.3 Å². The molecule has 2 aliphatic rings. The van der Waals surface area contributed by atoms with E-state index in [1.807, 2.05) is 14.1 Å². The fourth-order valence-corrected chi connectivity index (χ4v) is 4.63. The second kappa shape index (κ2) is 9.57. The maximum atomic E-state index is 14.4. The van der Waals surface area contributed by atoms with Gasteiger partial charge in [-0.15, -0.1) is 0 Å². The number of para-hydroxylation sites is 1. The number of ether oxygens (including phenoxy) is 1. The Hall–Kier alpha value is -3.99. The topological polar surface area (TPSA) is 113 Å². The highest BCUT2D eigenvalue weighted by Crippen LogP contribution is 2.40. The molecule has 3 N–H and O–H groups in total. The van der Waals surface area contributed by atoms with Gasteiger partial charge in [-0.05, 0) is 45.1 Å². The molecule has 2 aromatic heterocycles. The summed E-state index contributed by atoms with van der Waals surface area (Å²) in [4.78, 5) is 32.1. The summed E-state index contributed by atoms with van der Waals surface area (Å²) < 4.78 is 21.3. The van der Waals surface area contributed by atoms with Crippen LogP contribution in [0.4, 0.5) is 21.5 Å². The number of hydrogen-bond acceptors (Lipinski definition) is 7. The minimum absolute atomic E-state index is 0.0169. The SMILES string of the molecule is COc1c(F)cccc1Nc1c(-c2ccncc2NC(=O)C2CC(N(C)C)C2)nn2c1C(=O)NCC2. The molecule has 1 aromatic carbocycles. The molecule has 3 heterocycles. The lowest BCUT2D eigenvalue weighted by atomic mass is 9.79. The molecule has 0 radical (unpaired) electrons. The van der Waals surface area contributed by atoms with Crippen molar-refractivity contribution in [2.24, 2.45) is 5.92 Å². The number of anilines is 3. The number of amides is 2. The van der Waals surface area contributed by atoms with Crippen molar-refractivity contribution >= 4 is 28.9 Å². The van der Waals surface area contributed by atoms with Crippen molar-refractivity contribution in [3.63, 3.8) is 0 Å². The standard InChI is InChI=1S/C25H28FN7O3/c1-32(2)15-11-14(12-15)24(34)30-19-13-27-8-7-16(19)20-21(22-25(35)28-9-10-33(22)31-20)29-18-6-4-5-17(26)23(18)36-3/h4-8,13-15,29H,9-12H2,1-3H3,(H,28,35)(H,30,34). The van der Waals surface area contributed by atoms with Gasteiger partial charge in [-0.25, -0.2) is 4.39 Å². The lowest BCUT2D eigenvalue weighted by molar-refractivity contribution is -0.124. The van der Waals surface area contributed by atoms with Crippen molar-refractivity contribution in [3.8, 4) is 17.0 Å². The molecule has 0 unspecified atom stereocenters. The van der Waals surface area contributed by atoms with Crippen LogP contribution < -0.4 is 20.7 Å². The molecule has 0 saturated heterocycles. The van der Waals surface area contributed by atoms with Crippen LogP contribution in [0.1, 0.15) is 23.3 Å².